The molecule has 3 heteroatoms. The number of fused-ring (bicyclic) bond motifs is 6. The normalized spacial score (nSPS) is 44.6. The molecular formula is C26H34O3. The van der Waals surface area contributed by atoms with Gasteiger partial charge in [0, 0.05) is 5.41 Å². The smallest absolute Gasteiger partial charge is 0.312 e. The Balaban J connectivity index is 1.30. The van der Waals surface area contributed by atoms with E-state index in [0.717, 1.165) is 31.8 Å². The minimum Gasteiger partial charge on any atom is -0.458 e. The van der Waals surface area contributed by atoms with Crippen molar-refractivity contribution in [2.75, 3.05) is 6.61 Å². The highest BCUT2D eigenvalue weighted by Crippen LogP contribution is 2.67. The van der Waals surface area contributed by atoms with Crippen LogP contribution in [0.2, 0.25) is 0 Å². The Kier molecular flexibility index (Phi) is 3.73. The molecular weight excluding hydrogens is 360 g/mol. The maximum absolute atomic E-state index is 12.8. The molecule has 2 saturated carbocycles. The Labute approximate surface area is 174 Å². The van der Waals surface area contributed by atoms with E-state index in [4.69, 9.17) is 9.47 Å². The van der Waals surface area contributed by atoms with Crippen LogP contribution in [0.1, 0.15) is 94.4 Å². The number of hydrogen-bond acceptors (Lipinski definition) is 3. The molecule has 6 atom stereocenters. The Morgan fingerprint density at radius 3 is 2.59 bits per heavy atom. The van der Waals surface area contributed by atoms with E-state index in [9.17, 15) is 4.79 Å². The third kappa shape index (κ3) is 2.49. The summed E-state index contributed by atoms with van der Waals surface area (Å²) in [7, 11) is 0. The Hall–Kier alpha value is -1.35. The number of benzene rings is 1. The predicted molar refractivity (Wildman–Crippen MR) is 112 cm³/mol. The standard InChI is InChI=1S/C26H34O3/c1-24(2)12-13-26(29-23(24)27)11-9-21-20-7-4-16-14-17(22-15-28-22)5-6-18(16)19(20)8-10-25(21,26)3/h5-6,14,19-22H,4,7-13,15H2,1-3H3/t19?,20?,21?,22?,25?,26-/m1/s1. The second kappa shape index (κ2) is 5.87. The fourth-order valence-corrected chi connectivity index (χ4v) is 7.70. The van der Waals surface area contributed by atoms with Crippen molar-refractivity contribution in [1.29, 1.82) is 0 Å². The number of epoxide rings is 1. The first-order valence-electron chi connectivity index (χ1n) is 11.8. The number of aryl methyl sites for hydroxylation is 1. The van der Waals surface area contributed by atoms with Crippen molar-refractivity contribution >= 4 is 5.97 Å². The average Bonchev–Trinajstić information content (AvgIpc) is 3.50. The summed E-state index contributed by atoms with van der Waals surface area (Å²) in [4.78, 5) is 12.8. The Bertz CT molecular complexity index is 869. The van der Waals surface area contributed by atoms with Crippen LogP contribution >= 0.6 is 0 Å². The lowest BCUT2D eigenvalue weighted by Gasteiger charge is -2.56. The van der Waals surface area contributed by atoms with Crippen molar-refractivity contribution in [2.45, 2.75) is 89.8 Å². The molecule has 2 heterocycles. The van der Waals surface area contributed by atoms with Crippen molar-refractivity contribution < 1.29 is 14.3 Å². The van der Waals surface area contributed by atoms with Gasteiger partial charge in [-0.3, -0.25) is 4.79 Å². The van der Waals surface area contributed by atoms with E-state index in [-0.39, 0.29) is 22.4 Å². The summed E-state index contributed by atoms with van der Waals surface area (Å²) in [6.45, 7) is 7.46. The number of ether oxygens (including phenoxy) is 2. The van der Waals surface area contributed by atoms with Crippen LogP contribution < -0.4 is 0 Å². The van der Waals surface area contributed by atoms with Crippen LogP contribution in [0.3, 0.4) is 0 Å². The first kappa shape index (κ1) is 18.4. The molecule has 0 aromatic heterocycles. The van der Waals surface area contributed by atoms with Gasteiger partial charge in [0.05, 0.1) is 12.0 Å². The third-order valence-electron chi connectivity index (χ3n) is 9.74. The number of carbonyl (C=O) groups is 1. The topological polar surface area (TPSA) is 38.8 Å². The number of rotatable bonds is 1. The lowest BCUT2D eigenvalue weighted by Crippen LogP contribution is -2.56. The van der Waals surface area contributed by atoms with Crippen LogP contribution in [-0.2, 0) is 20.7 Å². The van der Waals surface area contributed by atoms with Crippen molar-refractivity contribution in [3.63, 3.8) is 0 Å². The van der Waals surface area contributed by atoms with Gasteiger partial charge in [0.2, 0.25) is 0 Å². The predicted octanol–water partition coefficient (Wildman–Crippen LogP) is 5.72. The second-order valence-corrected chi connectivity index (χ2v) is 11.5. The molecule has 5 aliphatic rings. The minimum atomic E-state index is -0.316. The maximum atomic E-state index is 12.8. The maximum Gasteiger partial charge on any atom is 0.312 e. The highest BCUT2D eigenvalue weighted by Gasteiger charge is 2.65. The third-order valence-corrected chi connectivity index (χ3v) is 9.74. The van der Waals surface area contributed by atoms with E-state index < -0.39 is 0 Å². The van der Waals surface area contributed by atoms with Gasteiger partial charge in [0.25, 0.3) is 0 Å². The van der Waals surface area contributed by atoms with E-state index in [1.165, 1.54) is 37.7 Å². The van der Waals surface area contributed by atoms with Crippen LogP contribution in [0, 0.1) is 22.7 Å². The van der Waals surface area contributed by atoms with Crippen LogP contribution in [0.5, 0.6) is 0 Å². The van der Waals surface area contributed by atoms with Gasteiger partial charge in [-0.2, -0.15) is 0 Å². The fourth-order valence-electron chi connectivity index (χ4n) is 7.70. The lowest BCUT2D eigenvalue weighted by atomic mass is 9.52. The molecule has 1 aromatic carbocycles. The number of hydrogen-bond donors (Lipinski definition) is 0. The molecule has 3 nitrogen and oxygen atoms in total. The molecule has 0 amide bonds. The van der Waals surface area contributed by atoms with Gasteiger partial charge in [-0.05, 0) is 99.7 Å². The van der Waals surface area contributed by atoms with E-state index in [1.807, 2.05) is 13.8 Å². The van der Waals surface area contributed by atoms with Gasteiger partial charge in [-0.25, -0.2) is 0 Å². The van der Waals surface area contributed by atoms with E-state index in [2.05, 4.69) is 25.1 Å². The first-order valence-corrected chi connectivity index (χ1v) is 11.8. The summed E-state index contributed by atoms with van der Waals surface area (Å²) in [6, 6.07) is 7.16. The van der Waals surface area contributed by atoms with Crippen LogP contribution in [-0.4, -0.2) is 18.2 Å². The molecule has 0 N–H and O–H groups in total. The SMILES string of the molecule is CC1(C)CC[C@@]2(CCC3C4CCc5cc(C6CO6)ccc5C4CCC32C)OC1=O. The summed E-state index contributed by atoms with van der Waals surface area (Å²) in [5.74, 6) is 2.17. The van der Waals surface area contributed by atoms with Crippen LogP contribution in [0.4, 0.5) is 0 Å². The average molecular weight is 395 g/mol. The first-order chi connectivity index (χ1) is 13.8. The van der Waals surface area contributed by atoms with Gasteiger partial charge in [-0.15, -0.1) is 0 Å². The largest absolute Gasteiger partial charge is 0.458 e. The molecule has 2 aliphatic heterocycles. The van der Waals surface area contributed by atoms with Crippen LogP contribution in [0.15, 0.2) is 18.2 Å². The molecule has 4 fully saturated rings. The zero-order valence-electron chi connectivity index (χ0n) is 18.1. The number of esters is 1. The van der Waals surface area contributed by atoms with Gasteiger partial charge in [0.1, 0.15) is 11.7 Å². The monoisotopic (exact) mass is 394 g/mol. The summed E-state index contributed by atoms with van der Waals surface area (Å²) in [5, 5.41) is 0. The summed E-state index contributed by atoms with van der Waals surface area (Å²) in [5.41, 5.74) is 4.18. The summed E-state index contributed by atoms with van der Waals surface area (Å²) >= 11 is 0. The van der Waals surface area contributed by atoms with E-state index >= 15 is 0 Å². The van der Waals surface area contributed by atoms with E-state index in [0.29, 0.717) is 17.9 Å². The highest BCUT2D eigenvalue weighted by molar-refractivity contribution is 5.77. The second-order valence-electron chi connectivity index (χ2n) is 11.5. The zero-order chi connectivity index (χ0) is 20.0. The molecule has 0 radical (unpaired) electrons. The number of carbonyl (C=O) groups excluding carboxylic acids is 1. The van der Waals surface area contributed by atoms with Crippen LogP contribution in [0.25, 0.3) is 0 Å². The fraction of sp³-hybridized carbons (Fsp3) is 0.731. The summed E-state index contributed by atoms with van der Waals surface area (Å²) in [6.07, 6.45) is 9.61. The van der Waals surface area contributed by atoms with Crippen molar-refractivity contribution in [3.05, 3.63) is 34.9 Å². The van der Waals surface area contributed by atoms with Crippen molar-refractivity contribution in [1.82, 2.24) is 0 Å². The lowest BCUT2D eigenvalue weighted by molar-refractivity contribution is -0.206. The van der Waals surface area contributed by atoms with Gasteiger partial charge < -0.3 is 9.47 Å². The Morgan fingerprint density at radius 1 is 1.00 bits per heavy atom. The zero-order valence-corrected chi connectivity index (χ0v) is 18.1. The minimum absolute atomic E-state index is 0.0385. The molecule has 5 unspecified atom stereocenters. The quantitative estimate of drug-likeness (QED) is 0.452. The molecule has 2 saturated heterocycles. The highest BCUT2D eigenvalue weighted by atomic mass is 16.6. The molecule has 1 spiro atoms. The van der Waals surface area contributed by atoms with Gasteiger partial charge >= 0.3 is 5.97 Å². The molecule has 1 aromatic rings. The molecule has 156 valence electrons. The molecule has 6 rings (SSSR count). The molecule has 3 aliphatic carbocycles. The Morgan fingerprint density at radius 2 is 1.83 bits per heavy atom. The van der Waals surface area contributed by atoms with Crippen molar-refractivity contribution in [2.24, 2.45) is 22.7 Å². The molecule has 0 bridgehead atoms. The summed E-state index contributed by atoms with van der Waals surface area (Å²) < 4.78 is 11.9. The molecule has 29 heavy (non-hydrogen) atoms. The van der Waals surface area contributed by atoms with Gasteiger partial charge in [0.15, 0.2) is 0 Å². The van der Waals surface area contributed by atoms with E-state index in [1.54, 1.807) is 11.1 Å². The van der Waals surface area contributed by atoms with Crippen molar-refractivity contribution in [3.8, 4) is 0 Å². The van der Waals surface area contributed by atoms with Gasteiger partial charge in [-0.1, -0.05) is 25.1 Å².